The van der Waals surface area contributed by atoms with Crippen molar-refractivity contribution in [1.82, 2.24) is 5.32 Å². The summed E-state index contributed by atoms with van der Waals surface area (Å²) >= 11 is 0. The molecule has 0 atom stereocenters. The number of ketones is 1. The van der Waals surface area contributed by atoms with E-state index in [2.05, 4.69) is 22.5 Å². The Labute approximate surface area is 113 Å². The van der Waals surface area contributed by atoms with Gasteiger partial charge in [0.05, 0.1) is 6.42 Å². The van der Waals surface area contributed by atoms with Crippen LogP contribution in [-0.2, 0) is 9.59 Å². The molecule has 0 saturated heterocycles. The molecule has 0 bridgehead atoms. The highest BCUT2D eigenvalue weighted by Gasteiger charge is 2.04. The number of anilines is 1. The Bertz CT molecular complexity index is 495. The summed E-state index contributed by atoms with van der Waals surface area (Å²) in [7, 11) is 1.89. The fraction of sp³-hybridized carbons (Fsp3) is 0.333. The summed E-state index contributed by atoms with van der Waals surface area (Å²) < 4.78 is 0. The van der Waals surface area contributed by atoms with Crippen molar-refractivity contribution in [1.29, 1.82) is 0 Å². The summed E-state index contributed by atoms with van der Waals surface area (Å²) in [6.07, 6.45) is 0.708. The van der Waals surface area contributed by atoms with Crippen molar-refractivity contribution in [2.24, 2.45) is 0 Å². The van der Waals surface area contributed by atoms with Crippen LogP contribution in [-0.4, -0.2) is 25.3 Å². The first-order chi connectivity index (χ1) is 9.11. The maximum absolute atomic E-state index is 11.4. The van der Waals surface area contributed by atoms with Crippen LogP contribution < -0.4 is 10.6 Å². The van der Waals surface area contributed by atoms with Crippen molar-refractivity contribution in [3.05, 3.63) is 29.8 Å². The monoisotopic (exact) mass is 258 g/mol. The number of rotatable bonds is 5. The largest absolute Gasteiger partial charge is 0.326 e. The minimum absolute atomic E-state index is 0.0917. The molecular formula is C15H18N2O2. The van der Waals surface area contributed by atoms with E-state index >= 15 is 0 Å². The fourth-order valence-electron chi connectivity index (χ4n) is 1.42. The van der Waals surface area contributed by atoms with Crippen molar-refractivity contribution in [3.63, 3.8) is 0 Å². The van der Waals surface area contributed by atoms with Crippen LogP contribution in [0.1, 0.15) is 25.3 Å². The van der Waals surface area contributed by atoms with Gasteiger partial charge in [-0.15, -0.1) is 0 Å². The third kappa shape index (κ3) is 6.39. The summed E-state index contributed by atoms with van der Waals surface area (Å²) in [5.74, 6) is 5.64. The van der Waals surface area contributed by atoms with Crippen LogP contribution in [0, 0.1) is 11.8 Å². The number of carbonyl (C=O) groups excluding carboxylic acids is 2. The molecule has 0 aliphatic carbocycles. The van der Waals surface area contributed by atoms with Crippen LogP contribution in [0.5, 0.6) is 0 Å². The second-order valence-electron chi connectivity index (χ2n) is 4.16. The smallest absolute Gasteiger partial charge is 0.231 e. The van der Waals surface area contributed by atoms with Gasteiger partial charge < -0.3 is 10.6 Å². The highest BCUT2D eigenvalue weighted by atomic mass is 16.2. The first kappa shape index (κ1) is 14.9. The second kappa shape index (κ2) is 8.06. The normalized spacial score (nSPS) is 9.37. The Morgan fingerprint density at radius 3 is 2.47 bits per heavy atom. The molecule has 0 unspecified atom stereocenters. The van der Waals surface area contributed by atoms with Crippen molar-refractivity contribution >= 4 is 17.4 Å². The third-order valence-electron chi connectivity index (χ3n) is 2.31. The summed E-state index contributed by atoms with van der Waals surface area (Å²) in [6.45, 7) is 2.26. The molecule has 0 radical (unpaired) electrons. The molecule has 4 nitrogen and oxygen atoms in total. The van der Waals surface area contributed by atoms with Crippen LogP contribution in [0.4, 0.5) is 5.69 Å². The van der Waals surface area contributed by atoms with Gasteiger partial charge >= 0.3 is 0 Å². The topological polar surface area (TPSA) is 58.2 Å². The Balaban J connectivity index is 2.53. The van der Waals surface area contributed by atoms with Gasteiger partial charge in [-0.1, -0.05) is 11.8 Å². The van der Waals surface area contributed by atoms with Crippen molar-refractivity contribution in [2.75, 3.05) is 18.9 Å². The number of nitrogens with one attached hydrogen (secondary N) is 2. The van der Waals surface area contributed by atoms with Gasteiger partial charge in [0, 0.05) is 24.2 Å². The third-order valence-corrected chi connectivity index (χ3v) is 2.31. The van der Waals surface area contributed by atoms with Gasteiger partial charge in [-0.05, 0) is 38.2 Å². The molecule has 1 rings (SSSR count). The van der Waals surface area contributed by atoms with Gasteiger partial charge in [-0.3, -0.25) is 9.59 Å². The summed E-state index contributed by atoms with van der Waals surface area (Å²) in [5, 5.41) is 5.68. The molecule has 0 aliphatic rings. The fourth-order valence-corrected chi connectivity index (χ4v) is 1.42. The van der Waals surface area contributed by atoms with Crippen molar-refractivity contribution < 1.29 is 9.59 Å². The van der Waals surface area contributed by atoms with E-state index in [4.69, 9.17) is 0 Å². The van der Waals surface area contributed by atoms with Gasteiger partial charge in [0.1, 0.15) is 5.78 Å². The minimum atomic E-state index is -0.291. The predicted octanol–water partition coefficient (Wildman–Crippen LogP) is 1.57. The van der Waals surface area contributed by atoms with Gasteiger partial charge in [0.25, 0.3) is 0 Å². The lowest BCUT2D eigenvalue weighted by Gasteiger charge is -2.03. The van der Waals surface area contributed by atoms with Gasteiger partial charge in [-0.25, -0.2) is 0 Å². The number of benzene rings is 1. The second-order valence-corrected chi connectivity index (χ2v) is 4.16. The molecule has 19 heavy (non-hydrogen) atoms. The van der Waals surface area contributed by atoms with Crippen LogP contribution in [0.2, 0.25) is 0 Å². The van der Waals surface area contributed by atoms with E-state index in [0.717, 1.165) is 18.5 Å². The van der Waals surface area contributed by atoms with E-state index < -0.39 is 0 Å². The van der Waals surface area contributed by atoms with E-state index in [1.54, 1.807) is 12.1 Å². The zero-order chi connectivity index (χ0) is 14.1. The highest BCUT2D eigenvalue weighted by Crippen LogP contribution is 2.09. The molecule has 0 aliphatic heterocycles. The highest BCUT2D eigenvalue weighted by molar-refractivity contribution is 6.03. The predicted molar refractivity (Wildman–Crippen MR) is 75.8 cm³/mol. The number of Topliss-reactive ketones (excluding diaryl/α,β-unsaturated/α-hetero) is 1. The zero-order valence-corrected chi connectivity index (χ0v) is 11.2. The van der Waals surface area contributed by atoms with Crippen molar-refractivity contribution in [2.45, 2.75) is 19.8 Å². The van der Waals surface area contributed by atoms with E-state index in [0.29, 0.717) is 5.69 Å². The number of carbonyl (C=O) groups is 2. The molecule has 2 N–H and O–H groups in total. The molecule has 0 aromatic heterocycles. The molecule has 100 valence electrons. The number of amides is 1. The molecule has 1 aromatic carbocycles. The summed E-state index contributed by atoms with van der Waals surface area (Å²) in [5.41, 5.74) is 1.58. The maximum Gasteiger partial charge on any atom is 0.231 e. The Hall–Kier alpha value is -2.12. The lowest BCUT2D eigenvalue weighted by molar-refractivity contribution is -0.124. The number of hydrogen-bond donors (Lipinski definition) is 2. The Kier molecular flexibility index (Phi) is 6.34. The zero-order valence-electron chi connectivity index (χ0n) is 11.2. The van der Waals surface area contributed by atoms with Crippen LogP contribution in [0.25, 0.3) is 0 Å². The van der Waals surface area contributed by atoms with E-state index in [1.165, 1.54) is 6.92 Å². The van der Waals surface area contributed by atoms with E-state index in [9.17, 15) is 9.59 Å². The molecular weight excluding hydrogens is 240 g/mol. The van der Waals surface area contributed by atoms with Gasteiger partial charge in [0.15, 0.2) is 0 Å². The molecule has 4 heteroatoms. The molecule has 0 fully saturated rings. The first-order valence-electron chi connectivity index (χ1n) is 6.14. The molecule has 0 saturated carbocycles. The average Bonchev–Trinajstić information content (AvgIpc) is 2.35. The molecule has 1 aromatic rings. The Morgan fingerprint density at radius 1 is 1.21 bits per heavy atom. The average molecular weight is 258 g/mol. The first-order valence-corrected chi connectivity index (χ1v) is 6.14. The van der Waals surface area contributed by atoms with Gasteiger partial charge in [-0.2, -0.15) is 0 Å². The van der Waals surface area contributed by atoms with Crippen molar-refractivity contribution in [3.8, 4) is 11.8 Å². The lowest BCUT2D eigenvalue weighted by Crippen LogP contribution is -2.14. The quantitative estimate of drug-likeness (QED) is 0.479. The molecule has 0 spiro atoms. The number of hydrogen-bond acceptors (Lipinski definition) is 3. The minimum Gasteiger partial charge on any atom is -0.326 e. The SMILES string of the molecule is CNCCC#Cc1ccc(NC(=O)CC(C)=O)cc1. The van der Waals surface area contributed by atoms with Crippen LogP contribution in [0.3, 0.4) is 0 Å². The Morgan fingerprint density at radius 2 is 1.89 bits per heavy atom. The van der Waals surface area contributed by atoms with E-state index in [1.807, 2.05) is 19.2 Å². The maximum atomic E-state index is 11.4. The van der Waals surface area contributed by atoms with Gasteiger partial charge in [0.2, 0.25) is 5.91 Å². The lowest BCUT2D eigenvalue weighted by atomic mass is 10.2. The summed E-state index contributed by atoms with van der Waals surface area (Å²) in [6, 6.07) is 7.24. The molecule has 1 amide bonds. The van der Waals surface area contributed by atoms with Crippen LogP contribution in [0.15, 0.2) is 24.3 Å². The summed E-state index contributed by atoms with van der Waals surface area (Å²) in [4.78, 5) is 22.2. The van der Waals surface area contributed by atoms with E-state index in [-0.39, 0.29) is 18.1 Å². The van der Waals surface area contributed by atoms with Crippen LogP contribution >= 0.6 is 0 Å². The molecule has 0 heterocycles. The standard InChI is InChI=1S/C15H18N2O2/c1-12(18)11-15(19)17-14-8-6-13(7-9-14)5-3-4-10-16-2/h6-9,16H,4,10-11H2,1-2H3,(H,17,19).